The molecule has 1 saturated heterocycles. The molecule has 1 fully saturated rings. The van der Waals surface area contributed by atoms with Gasteiger partial charge in [0.15, 0.2) is 0 Å². The number of hydrogen-bond donors (Lipinski definition) is 1. The number of aryl methyl sites for hydroxylation is 1. The normalized spacial score (nSPS) is 17.2. The molecule has 7 heteroatoms. The molecule has 1 aromatic carbocycles. The van der Waals surface area contributed by atoms with Crippen LogP contribution >= 0.6 is 0 Å². The van der Waals surface area contributed by atoms with Crippen LogP contribution in [0.15, 0.2) is 29.5 Å². The van der Waals surface area contributed by atoms with E-state index in [1.807, 2.05) is 27.5 Å². The zero-order valence-electron chi connectivity index (χ0n) is 15.5. The van der Waals surface area contributed by atoms with Crippen LogP contribution in [-0.2, 0) is 13.1 Å². The van der Waals surface area contributed by atoms with Crippen molar-refractivity contribution in [3.05, 3.63) is 35.1 Å². The number of nitrogens with one attached hydrogen (secondary N) is 1. The van der Waals surface area contributed by atoms with Crippen LogP contribution in [0.1, 0.15) is 20.3 Å². The van der Waals surface area contributed by atoms with Gasteiger partial charge in [-0.2, -0.15) is 0 Å². The number of hydrogen-bond acceptors (Lipinski definition) is 5. The van der Waals surface area contributed by atoms with Gasteiger partial charge in [0.1, 0.15) is 6.33 Å². The van der Waals surface area contributed by atoms with E-state index in [-0.39, 0.29) is 5.69 Å². The summed E-state index contributed by atoms with van der Waals surface area (Å²) in [6.45, 7) is 9.81. The predicted molar refractivity (Wildman–Crippen MR) is 103 cm³/mol. The minimum Gasteiger partial charge on any atom is -0.314 e. The van der Waals surface area contributed by atoms with Crippen LogP contribution in [-0.4, -0.2) is 56.2 Å². The fourth-order valence-corrected chi connectivity index (χ4v) is 3.91. The van der Waals surface area contributed by atoms with Gasteiger partial charge < -0.3 is 5.32 Å². The summed E-state index contributed by atoms with van der Waals surface area (Å²) in [5.41, 5.74) is 2.90. The first-order valence-corrected chi connectivity index (χ1v) is 9.46. The monoisotopic (exact) mass is 354 g/mol. The highest BCUT2D eigenvalue weighted by Crippen LogP contribution is 2.21. The molecule has 1 atom stereocenters. The average molecular weight is 354 g/mol. The summed E-state index contributed by atoms with van der Waals surface area (Å²) in [5.74, 6) is 0. The zero-order valence-corrected chi connectivity index (χ0v) is 15.5. The molecule has 0 aliphatic carbocycles. The molecular formula is C19H26N6O. The van der Waals surface area contributed by atoms with Gasteiger partial charge in [-0.25, -0.2) is 14.8 Å². The Labute approximate surface area is 152 Å². The smallest absolute Gasteiger partial charge is 0.314 e. The summed E-state index contributed by atoms with van der Waals surface area (Å²) in [7, 11) is 0. The molecule has 4 rings (SSSR count). The molecule has 0 spiro atoms. The van der Waals surface area contributed by atoms with E-state index in [4.69, 9.17) is 0 Å². The SMILES string of the molecule is CCCn1c(=O)n(CC(C)N2CCNCC2)c2cc3ncncc3cc21. The Bertz CT molecular complexity index is 969. The second kappa shape index (κ2) is 7.17. The van der Waals surface area contributed by atoms with Gasteiger partial charge >= 0.3 is 5.69 Å². The van der Waals surface area contributed by atoms with Crippen LogP contribution in [0.25, 0.3) is 21.9 Å². The minimum absolute atomic E-state index is 0.0760. The van der Waals surface area contributed by atoms with Crippen molar-refractivity contribution >= 4 is 21.9 Å². The maximum absolute atomic E-state index is 13.1. The van der Waals surface area contributed by atoms with Crippen molar-refractivity contribution in [1.29, 1.82) is 0 Å². The average Bonchev–Trinajstić information content (AvgIpc) is 2.92. The third-order valence-corrected chi connectivity index (χ3v) is 5.31. The number of fused-ring (bicyclic) bond motifs is 2. The highest BCUT2D eigenvalue weighted by molar-refractivity contribution is 5.93. The molecule has 138 valence electrons. The summed E-state index contributed by atoms with van der Waals surface area (Å²) in [6.07, 6.45) is 4.29. The molecule has 2 aromatic heterocycles. The molecule has 1 unspecified atom stereocenters. The van der Waals surface area contributed by atoms with E-state index in [1.54, 1.807) is 6.33 Å². The largest absolute Gasteiger partial charge is 0.329 e. The van der Waals surface area contributed by atoms with Crippen molar-refractivity contribution in [3.63, 3.8) is 0 Å². The number of piperazine rings is 1. The Balaban J connectivity index is 1.80. The third-order valence-electron chi connectivity index (χ3n) is 5.31. The molecule has 1 N–H and O–H groups in total. The molecule has 0 saturated carbocycles. The molecule has 0 amide bonds. The Hall–Kier alpha value is -2.25. The van der Waals surface area contributed by atoms with E-state index in [2.05, 4.69) is 34.0 Å². The molecular weight excluding hydrogens is 328 g/mol. The topological polar surface area (TPSA) is 68.0 Å². The van der Waals surface area contributed by atoms with E-state index in [0.29, 0.717) is 12.6 Å². The van der Waals surface area contributed by atoms with E-state index >= 15 is 0 Å². The first kappa shape index (κ1) is 17.2. The molecule has 3 heterocycles. The number of nitrogens with zero attached hydrogens (tertiary/aromatic N) is 5. The molecule has 0 radical (unpaired) electrons. The highest BCUT2D eigenvalue weighted by Gasteiger charge is 2.20. The Kier molecular flexibility index (Phi) is 4.74. The summed E-state index contributed by atoms with van der Waals surface area (Å²) in [5, 5.41) is 4.36. The Morgan fingerprint density at radius 2 is 1.96 bits per heavy atom. The molecule has 1 aliphatic heterocycles. The minimum atomic E-state index is 0.0760. The van der Waals surface area contributed by atoms with Crippen LogP contribution in [0, 0.1) is 0 Å². The van der Waals surface area contributed by atoms with E-state index < -0.39 is 0 Å². The van der Waals surface area contributed by atoms with Crippen LogP contribution in [0.5, 0.6) is 0 Å². The predicted octanol–water partition coefficient (Wildman–Crippen LogP) is 1.45. The quantitative estimate of drug-likeness (QED) is 0.751. The Morgan fingerprint density at radius 3 is 2.73 bits per heavy atom. The van der Waals surface area contributed by atoms with Gasteiger partial charge in [-0.05, 0) is 25.5 Å². The van der Waals surface area contributed by atoms with Gasteiger partial charge in [-0.1, -0.05) is 6.92 Å². The van der Waals surface area contributed by atoms with Gasteiger partial charge in [0.2, 0.25) is 0 Å². The van der Waals surface area contributed by atoms with Crippen molar-refractivity contribution in [1.82, 2.24) is 29.3 Å². The van der Waals surface area contributed by atoms with Crippen LogP contribution in [0.2, 0.25) is 0 Å². The second-order valence-electron chi connectivity index (χ2n) is 7.10. The van der Waals surface area contributed by atoms with Crippen molar-refractivity contribution in [2.75, 3.05) is 26.2 Å². The molecule has 3 aromatic rings. The van der Waals surface area contributed by atoms with Gasteiger partial charge in [0.25, 0.3) is 0 Å². The van der Waals surface area contributed by atoms with Crippen molar-refractivity contribution in [2.24, 2.45) is 0 Å². The van der Waals surface area contributed by atoms with Crippen molar-refractivity contribution < 1.29 is 0 Å². The molecule has 0 bridgehead atoms. The van der Waals surface area contributed by atoms with E-state index in [0.717, 1.165) is 61.1 Å². The maximum atomic E-state index is 13.1. The van der Waals surface area contributed by atoms with E-state index in [9.17, 15) is 4.79 Å². The lowest BCUT2D eigenvalue weighted by molar-refractivity contribution is 0.169. The van der Waals surface area contributed by atoms with Crippen LogP contribution < -0.4 is 11.0 Å². The number of rotatable bonds is 5. The Morgan fingerprint density at radius 1 is 1.19 bits per heavy atom. The van der Waals surface area contributed by atoms with Gasteiger partial charge in [0.05, 0.1) is 16.6 Å². The fraction of sp³-hybridized carbons (Fsp3) is 0.526. The van der Waals surface area contributed by atoms with Gasteiger partial charge in [-0.3, -0.25) is 14.0 Å². The van der Waals surface area contributed by atoms with Crippen molar-refractivity contribution in [2.45, 2.75) is 39.4 Å². The van der Waals surface area contributed by atoms with Crippen LogP contribution in [0.4, 0.5) is 0 Å². The third kappa shape index (κ3) is 3.01. The molecule has 1 aliphatic rings. The zero-order chi connectivity index (χ0) is 18.1. The van der Waals surface area contributed by atoms with E-state index in [1.165, 1.54) is 0 Å². The number of imidazole rings is 1. The summed E-state index contributed by atoms with van der Waals surface area (Å²) in [4.78, 5) is 24.1. The molecule has 26 heavy (non-hydrogen) atoms. The summed E-state index contributed by atoms with van der Waals surface area (Å²) in [6, 6.07) is 4.40. The standard InChI is InChI=1S/C19H26N6O/c1-3-6-24-17-9-15-11-21-13-22-16(15)10-18(17)25(19(24)26)12-14(2)23-7-4-20-5-8-23/h9-11,13-14,20H,3-8,12H2,1-2H3. The molecule has 7 nitrogen and oxygen atoms in total. The van der Waals surface area contributed by atoms with Crippen LogP contribution in [0.3, 0.4) is 0 Å². The second-order valence-corrected chi connectivity index (χ2v) is 7.10. The maximum Gasteiger partial charge on any atom is 0.329 e. The first-order valence-electron chi connectivity index (χ1n) is 9.46. The number of aromatic nitrogens is 4. The highest BCUT2D eigenvalue weighted by atomic mass is 16.1. The number of benzene rings is 1. The lowest BCUT2D eigenvalue weighted by atomic mass is 10.2. The fourth-order valence-electron chi connectivity index (χ4n) is 3.91. The first-order chi connectivity index (χ1) is 12.7. The lowest BCUT2D eigenvalue weighted by Crippen LogP contribution is -2.49. The lowest BCUT2D eigenvalue weighted by Gasteiger charge is -2.32. The summed E-state index contributed by atoms with van der Waals surface area (Å²) >= 11 is 0. The van der Waals surface area contributed by atoms with Gasteiger partial charge in [-0.15, -0.1) is 0 Å². The summed E-state index contributed by atoms with van der Waals surface area (Å²) < 4.78 is 3.82. The van der Waals surface area contributed by atoms with Crippen molar-refractivity contribution in [3.8, 4) is 0 Å². The van der Waals surface area contributed by atoms with Gasteiger partial charge in [0, 0.05) is 56.9 Å².